The van der Waals surface area contributed by atoms with Crippen molar-refractivity contribution in [2.24, 2.45) is 0 Å². The lowest BCUT2D eigenvalue weighted by molar-refractivity contribution is 0.135. The summed E-state index contributed by atoms with van der Waals surface area (Å²) in [6, 6.07) is 8.22. The van der Waals surface area contributed by atoms with E-state index < -0.39 is 0 Å². The van der Waals surface area contributed by atoms with Crippen LogP contribution in [0.5, 0.6) is 11.5 Å². The second-order valence-corrected chi connectivity index (χ2v) is 7.87. The third kappa shape index (κ3) is 3.58. The molecule has 7 nitrogen and oxygen atoms in total. The molecule has 2 aromatic heterocycles. The molecule has 1 saturated heterocycles. The predicted molar refractivity (Wildman–Crippen MR) is 116 cm³/mol. The number of fused-ring (bicyclic) bond motifs is 1. The normalized spacial score (nSPS) is 17.4. The standard InChI is InChI=1S/C23H30N4O3/c1-5-17-15(2)24-21-13-18(25-27(21)23(17)28)19-10-6-7-12-26(19)14-16-9-8-11-20(29-3)22(16)30-4/h8-9,11,13,19,25H,5-7,10,12,14H2,1-4H3. The second-order valence-electron chi connectivity index (χ2n) is 7.87. The molecule has 0 saturated carbocycles. The topological polar surface area (TPSA) is 71.9 Å². The van der Waals surface area contributed by atoms with Crippen molar-refractivity contribution in [2.45, 2.75) is 52.1 Å². The molecule has 1 aromatic carbocycles. The van der Waals surface area contributed by atoms with E-state index in [1.54, 1.807) is 18.7 Å². The maximum atomic E-state index is 12.9. The minimum atomic E-state index is 0.00285. The van der Waals surface area contributed by atoms with Gasteiger partial charge in [-0.25, -0.2) is 9.50 Å². The molecule has 4 rings (SSSR count). The molecule has 1 N–H and O–H groups in total. The van der Waals surface area contributed by atoms with Crippen LogP contribution in [0.15, 0.2) is 29.1 Å². The van der Waals surface area contributed by atoms with Crippen LogP contribution in [0.3, 0.4) is 0 Å². The molecule has 3 aromatic rings. The quantitative estimate of drug-likeness (QED) is 0.672. The van der Waals surface area contributed by atoms with Gasteiger partial charge in [0.05, 0.1) is 26.0 Å². The number of ether oxygens (including phenoxy) is 2. The zero-order valence-corrected chi connectivity index (χ0v) is 18.2. The van der Waals surface area contributed by atoms with Crippen LogP contribution in [-0.4, -0.2) is 40.3 Å². The van der Waals surface area contributed by atoms with Crippen molar-refractivity contribution in [2.75, 3.05) is 20.8 Å². The van der Waals surface area contributed by atoms with Gasteiger partial charge in [-0.1, -0.05) is 25.5 Å². The summed E-state index contributed by atoms with van der Waals surface area (Å²) in [6.45, 7) is 5.64. The lowest BCUT2D eigenvalue weighted by Crippen LogP contribution is -2.33. The number of rotatable bonds is 6. The van der Waals surface area contributed by atoms with E-state index in [0.29, 0.717) is 12.1 Å². The Balaban J connectivity index is 1.70. The fourth-order valence-corrected chi connectivity index (χ4v) is 4.60. The number of hydrogen-bond donors (Lipinski definition) is 1. The first kappa shape index (κ1) is 20.5. The van der Waals surface area contributed by atoms with Crippen LogP contribution in [-0.2, 0) is 13.0 Å². The van der Waals surface area contributed by atoms with Crippen LogP contribution in [0.1, 0.15) is 54.7 Å². The van der Waals surface area contributed by atoms with E-state index in [1.807, 2.05) is 32.0 Å². The van der Waals surface area contributed by atoms with Gasteiger partial charge in [-0.2, -0.15) is 0 Å². The van der Waals surface area contributed by atoms with Gasteiger partial charge in [-0.3, -0.25) is 14.8 Å². The summed E-state index contributed by atoms with van der Waals surface area (Å²) in [5, 5.41) is 3.35. The van der Waals surface area contributed by atoms with Gasteiger partial charge in [0.25, 0.3) is 5.56 Å². The fourth-order valence-electron chi connectivity index (χ4n) is 4.60. The number of benzene rings is 1. The molecule has 1 aliphatic rings. The summed E-state index contributed by atoms with van der Waals surface area (Å²) in [5.41, 5.74) is 4.41. The highest BCUT2D eigenvalue weighted by Gasteiger charge is 2.27. The van der Waals surface area contributed by atoms with E-state index in [2.05, 4.69) is 21.0 Å². The van der Waals surface area contributed by atoms with E-state index in [-0.39, 0.29) is 11.6 Å². The van der Waals surface area contributed by atoms with Crippen molar-refractivity contribution in [1.29, 1.82) is 0 Å². The Labute approximate surface area is 176 Å². The molecule has 0 radical (unpaired) electrons. The molecule has 30 heavy (non-hydrogen) atoms. The van der Waals surface area contributed by atoms with Crippen LogP contribution >= 0.6 is 0 Å². The molecule has 0 amide bonds. The largest absolute Gasteiger partial charge is 0.493 e. The monoisotopic (exact) mass is 410 g/mol. The van der Waals surface area contributed by atoms with Gasteiger partial charge < -0.3 is 9.47 Å². The average molecular weight is 411 g/mol. The van der Waals surface area contributed by atoms with Crippen molar-refractivity contribution in [3.8, 4) is 11.5 Å². The SMILES string of the molecule is CCc1c(C)nc2cc(C3CCCCN3Cc3cccc(OC)c3OC)[nH]n2c1=O. The minimum Gasteiger partial charge on any atom is -0.493 e. The van der Waals surface area contributed by atoms with Gasteiger partial charge in [0.2, 0.25) is 0 Å². The third-order valence-corrected chi connectivity index (χ3v) is 6.12. The predicted octanol–water partition coefficient (Wildman–Crippen LogP) is 3.64. The number of hydrogen-bond acceptors (Lipinski definition) is 5. The lowest BCUT2D eigenvalue weighted by atomic mass is 9.98. The Kier molecular flexibility index (Phi) is 5.81. The highest BCUT2D eigenvalue weighted by molar-refractivity contribution is 5.47. The highest BCUT2D eigenvalue weighted by Crippen LogP contribution is 2.36. The Hall–Kier alpha value is -2.80. The number of likely N-dealkylation sites (tertiary alicyclic amines) is 1. The first-order valence-corrected chi connectivity index (χ1v) is 10.6. The number of para-hydroxylation sites is 1. The summed E-state index contributed by atoms with van der Waals surface area (Å²) >= 11 is 0. The van der Waals surface area contributed by atoms with Gasteiger partial charge in [0.15, 0.2) is 17.1 Å². The molecule has 1 unspecified atom stereocenters. The van der Waals surface area contributed by atoms with Crippen LogP contribution in [0.25, 0.3) is 5.65 Å². The molecular weight excluding hydrogens is 380 g/mol. The van der Waals surface area contributed by atoms with Crippen molar-refractivity contribution < 1.29 is 9.47 Å². The smallest absolute Gasteiger partial charge is 0.276 e. The average Bonchev–Trinajstić information content (AvgIpc) is 3.18. The fraction of sp³-hybridized carbons (Fsp3) is 0.478. The molecule has 0 bridgehead atoms. The summed E-state index contributed by atoms with van der Waals surface area (Å²) in [7, 11) is 3.34. The van der Waals surface area contributed by atoms with E-state index in [1.165, 1.54) is 0 Å². The van der Waals surface area contributed by atoms with Crippen LogP contribution in [0.2, 0.25) is 0 Å². The Bertz CT molecular complexity index is 1100. The van der Waals surface area contributed by atoms with Crippen LogP contribution in [0, 0.1) is 6.92 Å². The van der Waals surface area contributed by atoms with E-state index in [0.717, 1.165) is 66.4 Å². The first-order chi connectivity index (χ1) is 14.6. The number of aromatic nitrogens is 3. The summed E-state index contributed by atoms with van der Waals surface area (Å²) in [5.74, 6) is 1.52. The van der Waals surface area contributed by atoms with Crippen LogP contribution in [0.4, 0.5) is 0 Å². The zero-order valence-electron chi connectivity index (χ0n) is 18.2. The number of aromatic amines is 1. The third-order valence-electron chi connectivity index (χ3n) is 6.12. The maximum absolute atomic E-state index is 12.9. The summed E-state index contributed by atoms with van der Waals surface area (Å²) < 4.78 is 12.7. The number of nitrogens with one attached hydrogen (secondary N) is 1. The van der Waals surface area contributed by atoms with Crippen molar-refractivity contribution in [3.63, 3.8) is 0 Å². The van der Waals surface area contributed by atoms with Gasteiger partial charge in [0.1, 0.15) is 0 Å². The lowest BCUT2D eigenvalue weighted by Gasteiger charge is -2.35. The number of aryl methyl sites for hydroxylation is 1. The Morgan fingerprint density at radius 3 is 2.80 bits per heavy atom. The first-order valence-electron chi connectivity index (χ1n) is 10.6. The number of piperidine rings is 1. The van der Waals surface area contributed by atoms with Crippen LogP contribution < -0.4 is 15.0 Å². The number of H-pyrrole nitrogens is 1. The molecule has 1 aliphatic heterocycles. The van der Waals surface area contributed by atoms with Gasteiger partial charge >= 0.3 is 0 Å². The van der Waals surface area contributed by atoms with Crippen molar-refractivity contribution >= 4 is 5.65 Å². The number of methoxy groups -OCH3 is 2. The molecular formula is C23H30N4O3. The van der Waals surface area contributed by atoms with E-state index in [9.17, 15) is 4.79 Å². The second kappa shape index (κ2) is 8.52. The minimum absolute atomic E-state index is 0.00285. The Morgan fingerprint density at radius 2 is 2.07 bits per heavy atom. The summed E-state index contributed by atoms with van der Waals surface area (Å²) in [4.78, 5) is 20.0. The van der Waals surface area contributed by atoms with Crippen molar-refractivity contribution in [1.82, 2.24) is 19.5 Å². The van der Waals surface area contributed by atoms with Gasteiger partial charge in [-0.05, 0) is 38.8 Å². The summed E-state index contributed by atoms with van der Waals surface area (Å²) in [6.07, 6.45) is 4.03. The molecule has 1 fully saturated rings. The molecule has 0 aliphatic carbocycles. The highest BCUT2D eigenvalue weighted by atomic mass is 16.5. The van der Waals surface area contributed by atoms with E-state index >= 15 is 0 Å². The van der Waals surface area contributed by atoms with Crippen molar-refractivity contribution in [3.05, 3.63) is 57.1 Å². The molecule has 160 valence electrons. The number of nitrogens with zero attached hydrogens (tertiary/aromatic N) is 3. The van der Waals surface area contributed by atoms with Gasteiger partial charge in [0, 0.05) is 29.4 Å². The maximum Gasteiger partial charge on any atom is 0.276 e. The molecule has 1 atom stereocenters. The van der Waals surface area contributed by atoms with Gasteiger partial charge in [-0.15, -0.1) is 0 Å². The molecule has 7 heteroatoms. The zero-order chi connectivity index (χ0) is 21.3. The molecule has 3 heterocycles. The van der Waals surface area contributed by atoms with E-state index in [4.69, 9.17) is 9.47 Å². The Morgan fingerprint density at radius 1 is 1.23 bits per heavy atom. The molecule has 0 spiro atoms.